The Morgan fingerprint density at radius 2 is 2.11 bits per heavy atom. The molecule has 0 amide bonds. The second kappa shape index (κ2) is 6.17. The van der Waals surface area contributed by atoms with E-state index in [1.807, 2.05) is 13.8 Å². The predicted octanol–water partition coefficient (Wildman–Crippen LogP) is 2.78. The topological polar surface area (TPSA) is 89.7 Å². The van der Waals surface area contributed by atoms with Gasteiger partial charge in [-0.25, -0.2) is 4.79 Å². The van der Waals surface area contributed by atoms with Crippen molar-refractivity contribution in [2.75, 3.05) is 0 Å². The minimum atomic E-state index is -1.12. The van der Waals surface area contributed by atoms with Crippen LogP contribution in [-0.4, -0.2) is 22.1 Å². The standard InChI is InChI=1S/C13H17NO5/c1-8(2)7-11(13(15)16)19-10-6-4-5-9(3)12(10)14(17)18/h4-6,8,11H,7H2,1-3H3,(H,15,16)/t11-/m1/s1. The number of para-hydroxylation sites is 1. The summed E-state index contributed by atoms with van der Waals surface area (Å²) in [5.74, 6) is -1.01. The molecule has 0 spiro atoms. The molecule has 1 N–H and O–H groups in total. The highest BCUT2D eigenvalue weighted by Gasteiger charge is 2.26. The van der Waals surface area contributed by atoms with Gasteiger partial charge in [-0.2, -0.15) is 0 Å². The first-order chi connectivity index (χ1) is 8.82. The highest BCUT2D eigenvalue weighted by molar-refractivity contribution is 5.73. The number of aliphatic carboxylic acids is 1. The van der Waals surface area contributed by atoms with Crippen molar-refractivity contribution < 1.29 is 19.6 Å². The summed E-state index contributed by atoms with van der Waals surface area (Å²) >= 11 is 0. The van der Waals surface area contributed by atoms with E-state index in [0.717, 1.165) is 0 Å². The lowest BCUT2D eigenvalue weighted by molar-refractivity contribution is -0.386. The van der Waals surface area contributed by atoms with Crippen molar-refractivity contribution in [2.24, 2.45) is 5.92 Å². The molecule has 0 saturated heterocycles. The first-order valence-electron chi connectivity index (χ1n) is 5.96. The molecule has 6 heteroatoms. The summed E-state index contributed by atoms with van der Waals surface area (Å²) in [6.07, 6.45) is -0.791. The lowest BCUT2D eigenvalue weighted by atomic mass is 10.1. The molecule has 104 valence electrons. The molecule has 6 nitrogen and oxygen atoms in total. The number of carboxylic acids is 1. The Bertz CT molecular complexity index is 484. The zero-order valence-corrected chi connectivity index (χ0v) is 11.1. The van der Waals surface area contributed by atoms with Crippen molar-refractivity contribution in [3.05, 3.63) is 33.9 Å². The number of carbonyl (C=O) groups is 1. The molecule has 0 unspecified atom stereocenters. The molecule has 0 bridgehead atoms. The number of hydrogen-bond donors (Lipinski definition) is 1. The normalized spacial score (nSPS) is 12.2. The van der Waals surface area contributed by atoms with E-state index in [4.69, 9.17) is 9.84 Å². The van der Waals surface area contributed by atoms with Crippen LogP contribution in [0.15, 0.2) is 18.2 Å². The number of ether oxygens (including phenoxy) is 1. The Morgan fingerprint density at radius 1 is 1.47 bits per heavy atom. The molecule has 1 atom stereocenters. The van der Waals surface area contributed by atoms with Gasteiger partial charge in [0.05, 0.1) is 4.92 Å². The van der Waals surface area contributed by atoms with Crippen molar-refractivity contribution in [1.82, 2.24) is 0 Å². The van der Waals surface area contributed by atoms with E-state index < -0.39 is 17.0 Å². The van der Waals surface area contributed by atoms with E-state index in [1.54, 1.807) is 19.1 Å². The fourth-order valence-corrected chi connectivity index (χ4v) is 1.74. The van der Waals surface area contributed by atoms with Crippen LogP contribution in [0.5, 0.6) is 5.75 Å². The second-order valence-corrected chi connectivity index (χ2v) is 4.75. The number of nitrogens with zero attached hydrogens (tertiary/aromatic N) is 1. The SMILES string of the molecule is Cc1cccc(O[C@H](CC(C)C)C(=O)O)c1[N+](=O)[O-]. The molecule has 0 aliphatic carbocycles. The molecule has 0 radical (unpaired) electrons. The number of nitro benzene ring substituents is 1. The van der Waals surface area contributed by atoms with Crippen LogP contribution in [0.2, 0.25) is 0 Å². The fraction of sp³-hybridized carbons (Fsp3) is 0.462. The summed E-state index contributed by atoms with van der Waals surface area (Å²) in [5, 5.41) is 20.1. The van der Waals surface area contributed by atoms with Gasteiger partial charge in [0.1, 0.15) is 0 Å². The van der Waals surface area contributed by atoms with E-state index in [1.165, 1.54) is 6.07 Å². The van der Waals surface area contributed by atoms with E-state index in [2.05, 4.69) is 0 Å². The molecule has 0 fully saturated rings. The van der Waals surface area contributed by atoms with E-state index >= 15 is 0 Å². The molecule has 0 saturated carbocycles. The van der Waals surface area contributed by atoms with Crippen LogP contribution in [0.1, 0.15) is 25.8 Å². The van der Waals surface area contributed by atoms with E-state index in [-0.39, 0.29) is 17.4 Å². The molecule has 19 heavy (non-hydrogen) atoms. The maximum atomic E-state index is 11.1. The molecular formula is C13H17NO5. The van der Waals surface area contributed by atoms with Gasteiger partial charge in [0.2, 0.25) is 0 Å². The largest absolute Gasteiger partial charge is 0.479 e. The summed E-state index contributed by atoms with van der Waals surface area (Å²) in [6, 6.07) is 4.61. The van der Waals surface area contributed by atoms with Crippen LogP contribution < -0.4 is 4.74 Å². The lowest BCUT2D eigenvalue weighted by Crippen LogP contribution is -2.28. The van der Waals surface area contributed by atoms with Crippen LogP contribution >= 0.6 is 0 Å². The van der Waals surface area contributed by atoms with Crippen molar-refractivity contribution in [2.45, 2.75) is 33.3 Å². The van der Waals surface area contributed by atoms with Crippen LogP contribution in [-0.2, 0) is 4.79 Å². The van der Waals surface area contributed by atoms with Crippen molar-refractivity contribution in [1.29, 1.82) is 0 Å². The maximum Gasteiger partial charge on any atom is 0.344 e. The summed E-state index contributed by atoms with van der Waals surface area (Å²) in [6.45, 7) is 5.32. The molecule has 0 aromatic heterocycles. The summed E-state index contributed by atoms with van der Waals surface area (Å²) in [4.78, 5) is 21.5. The molecule has 0 aliphatic heterocycles. The molecule has 0 heterocycles. The number of nitro groups is 1. The van der Waals surface area contributed by atoms with E-state index in [9.17, 15) is 14.9 Å². The quantitative estimate of drug-likeness (QED) is 0.632. The summed E-state index contributed by atoms with van der Waals surface area (Å²) in [7, 11) is 0. The first-order valence-corrected chi connectivity index (χ1v) is 5.96. The fourth-order valence-electron chi connectivity index (χ4n) is 1.74. The molecule has 1 aromatic rings. The minimum Gasteiger partial charge on any atom is -0.479 e. The monoisotopic (exact) mass is 267 g/mol. The van der Waals surface area contributed by atoms with Gasteiger partial charge in [0, 0.05) is 5.56 Å². The molecule has 1 aromatic carbocycles. The van der Waals surface area contributed by atoms with Gasteiger partial charge in [0.15, 0.2) is 11.9 Å². The number of carboxylic acid groups (broad SMARTS) is 1. The average molecular weight is 267 g/mol. The third-order valence-electron chi connectivity index (χ3n) is 2.61. The van der Waals surface area contributed by atoms with Gasteiger partial charge >= 0.3 is 11.7 Å². The molecule has 1 rings (SSSR count). The van der Waals surface area contributed by atoms with Crippen molar-refractivity contribution in [3.63, 3.8) is 0 Å². The smallest absolute Gasteiger partial charge is 0.344 e. The zero-order chi connectivity index (χ0) is 14.6. The Hall–Kier alpha value is -2.11. The van der Waals surface area contributed by atoms with Crippen LogP contribution in [0, 0.1) is 23.0 Å². The Morgan fingerprint density at radius 3 is 2.58 bits per heavy atom. The number of benzene rings is 1. The third kappa shape index (κ3) is 3.94. The highest BCUT2D eigenvalue weighted by Crippen LogP contribution is 2.31. The maximum absolute atomic E-state index is 11.1. The van der Waals surface area contributed by atoms with Gasteiger partial charge in [-0.15, -0.1) is 0 Å². The number of rotatable bonds is 6. The van der Waals surface area contributed by atoms with Gasteiger partial charge in [0.25, 0.3) is 0 Å². The number of hydrogen-bond acceptors (Lipinski definition) is 4. The van der Waals surface area contributed by atoms with Crippen LogP contribution in [0.25, 0.3) is 0 Å². The van der Waals surface area contributed by atoms with Crippen molar-refractivity contribution in [3.8, 4) is 5.75 Å². The average Bonchev–Trinajstić information content (AvgIpc) is 2.26. The Kier molecular flexibility index (Phi) is 4.86. The van der Waals surface area contributed by atoms with Crippen LogP contribution in [0.4, 0.5) is 5.69 Å². The van der Waals surface area contributed by atoms with Gasteiger partial charge in [-0.3, -0.25) is 10.1 Å². The number of aryl methyl sites for hydroxylation is 1. The second-order valence-electron chi connectivity index (χ2n) is 4.75. The van der Waals surface area contributed by atoms with Gasteiger partial charge in [-0.1, -0.05) is 26.0 Å². The van der Waals surface area contributed by atoms with Gasteiger partial charge < -0.3 is 9.84 Å². The Labute approximate surface area is 111 Å². The highest BCUT2D eigenvalue weighted by atomic mass is 16.6. The Balaban J connectivity index is 3.06. The third-order valence-corrected chi connectivity index (χ3v) is 2.61. The van der Waals surface area contributed by atoms with Crippen LogP contribution in [0.3, 0.4) is 0 Å². The first kappa shape index (κ1) is 14.9. The minimum absolute atomic E-state index is 0.00181. The zero-order valence-electron chi connectivity index (χ0n) is 11.1. The molecule has 0 aliphatic rings. The summed E-state index contributed by atoms with van der Waals surface area (Å²) in [5.41, 5.74) is 0.258. The predicted molar refractivity (Wildman–Crippen MR) is 69.3 cm³/mol. The summed E-state index contributed by atoms with van der Waals surface area (Å²) < 4.78 is 5.32. The molecular weight excluding hydrogens is 250 g/mol. The van der Waals surface area contributed by atoms with Gasteiger partial charge in [-0.05, 0) is 25.3 Å². The lowest BCUT2D eigenvalue weighted by Gasteiger charge is -2.17. The van der Waals surface area contributed by atoms with Crippen molar-refractivity contribution >= 4 is 11.7 Å². The van der Waals surface area contributed by atoms with E-state index in [0.29, 0.717) is 12.0 Å².